The summed E-state index contributed by atoms with van der Waals surface area (Å²) in [6.45, 7) is 3.17. The van der Waals surface area contributed by atoms with Gasteiger partial charge in [-0.25, -0.2) is 4.98 Å². The number of aromatic nitrogens is 1. The van der Waals surface area contributed by atoms with Crippen LogP contribution >= 0.6 is 11.3 Å². The number of rotatable bonds is 15. The number of para-hydroxylation sites is 1. The Balaban J connectivity index is 2.17. The van der Waals surface area contributed by atoms with Crippen molar-refractivity contribution in [3.8, 4) is 0 Å². The zero-order chi connectivity index (χ0) is 28.2. The number of ketones is 1. The van der Waals surface area contributed by atoms with E-state index in [0.29, 0.717) is 11.9 Å². The van der Waals surface area contributed by atoms with Crippen LogP contribution < -0.4 is 33.2 Å². The number of thiazole rings is 1. The first kappa shape index (κ1) is 30.2. The lowest BCUT2D eigenvalue weighted by Crippen LogP contribution is -2.55. The number of Topliss-reactive ketones (excluding diaryl/α,β-unsaturated/α-hetero) is 1. The molecule has 1 heterocycles. The van der Waals surface area contributed by atoms with Gasteiger partial charge in [0.15, 0.2) is 11.0 Å². The highest BCUT2D eigenvalue weighted by Gasteiger charge is 2.30. The van der Waals surface area contributed by atoms with Gasteiger partial charge in [-0.3, -0.25) is 29.0 Å². The second-order valence-electron chi connectivity index (χ2n) is 8.59. The summed E-state index contributed by atoms with van der Waals surface area (Å²) in [6, 6.07) is 4.30. The Kier molecular flexibility index (Phi) is 11.6. The molecular weight excluding hydrogens is 512 g/mol. The largest absolute Gasteiger partial charge is 0.370 e. The van der Waals surface area contributed by atoms with Crippen LogP contribution in [0.15, 0.2) is 29.3 Å². The normalized spacial score (nSPS) is 13.1. The van der Waals surface area contributed by atoms with Gasteiger partial charge in [0.1, 0.15) is 12.1 Å². The molecule has 38 heavy (non-hydrogen) atoms. The van der Waals surface area contributed by atoms with Gasteiger partial charge in [-0.15, -0.1) is 11.3 Å². The van der Waals surface area contributed by atoms with E-state index in [1.165, 1.54) is 18.3 Å². The lowest BCUT2D eigenvalue weighted by Gasteiger charge is -2.24. The van der Waals surface area contributed by atoms with Gasteiger partial charge in [-0.2, -0.15) is 0 Å². The summed E-state index contributed by atoms with van der Waals surface area (Å²) in [5.74, 6) is -2.79. The first-order valence-corrected chi connectivity index (χ1v) is 12.9. The maximum atomic E-state index is 13.4. The third-order valence-corrected chi connectivity index (χ3v) is 6.55. The van der Waals surface area contributed by atoms with Gasteiger partial charge in [0, 0.05) is 19.9 Å². The summed E-state index contributed by atoms with van der Waals surface area (Å²) in [5, 5.41) is 8.01. The van der Waals surface area contributed by atoms with E-state index in [1.807, 2.05) is 18.2 Å². The number of aliphatic imine (C=N–C) groups is 1. The molecule has 3 atom stereocenters. The van der Waals surface area contributed by atoms with E-state index in [0.717, 1.165) is 4.70 Å². The van der Waals surface area contributed by atoms with Crippen molar-refractivity contribution in [2.75, 3.05) is 6.54 Å². The minimum absolute atomic E-state index is 0.0255. The molecule has 2 unspecified atom stereocenters. The molecule has 0 saturated heterocycles. The minimum Gasteiger partial charge on any atom is -0.370 e. The number of benzene rings is 1. The molecule has 2 rings (SSSR count). The fourth-order valence-electron chi connectivity index (χ4n) is 3.60. The van der Waals surface area contributed by atoms with Gasteiger partial charge in [0.05, 0.1) is 16.3 Å². The first-order chi connectivity index (χ1) is 18.0. The number of nitrogens with one attached hydrogen (secondary N) is 3. The van der Waals surface area contributed by atoms with Crippen molar-refractivity contribution in [1.82, 2.24) is 20.9 Å². The van der Waals surface area contributed by atoms with Gasteiger partial charge in [0.25, 0.3) is 0 Å². The number of amides is 4. The third-order valence-electron chi connectivity index (χ3n) is 5.50. The molecule has 0 aliphatic rings. The molecular formula is C24H34N8O5S. The second-order valence-corrected chi connectivity index (χ2v) is 9.62. The summed E-state index contributed by atoms with van der Waals surface area (Å²) >= 11 is 1.22. The standard InChI is InChI=1S/C24H34N8O5S/c1-3-14(30-22(37)17(29-13(2)33)10-11-19(25)34)21(36)31-16(8-6-12-28-24(26)27)20(35)23-32-15-7-4-5-9-18(15)38-23/h4-5,7,9,14,16-17H,3,6,8,10-12H2,1-2H3,(H2,25,34)(H,29,33)(H,30,37)(H,31,36)(H4,26,27,28)/t14-,16?,17?/m0/s1. The van der Waals surface area contributed by atoms with Crippen molar-refractivity contribution in [1.29, 1.82) is 0 Å². The van der Waals surface area contributed by atoms with Gasteiger partial charge < -0.3 is 33.2 Å². The lowest BCUT2D eigenvalue weighted by atomic mass is 10.0. The molecule has 4 amide bonds. The summed E-state index contributed by atoms with van der Waals surface area (Å²) in [7, 11) is 0. The number of nitrogens with zero attached hydrogens (tertiary/aromatic N) is 2. The monoisotopic (exact) mass is 546 g/mol. The van der Waals surface area contributed by atoms with Gasteiger partial charge in [0.2, 0.25) is 29.4 Å². The Labute approximate surface area is 224 Å². The average Bonchev–Trinajstić information content (AvgIpc) is 3.30. The Morgan fingerprint density at radius 1 is 0.947 bits per heavy atom. The minimum atomic E-state index is -1.05. The lowest BCUT2D eigenvalue weighted by molar-refractivity contribution is -0.132. The van der Waals surface area contributed by atoms with Crippen LogP contribution in [0.4, 0.5) is 0 Å². The summed E-state index contributed by atoms with van der Waals surface area (Å²) in [4.78, 5) is 70.3. The Morgan fingerprint density at radius 3 is 2.21 bits per heavy atom. The smallest absolute Gasteiger partial charge is 0.243 e. The van der Waals surface area contributed by atoms with Crippen LogP contribution in [0.25, 0.3) is 10.2 Å². The zero-order valence-electron chi connectivity index (χ0n) is 21.4. The SMILES string of the molecule is CC[C@H](NC(=O)C(CCC(N)=O)NC(C)=O)C(=O)NC(CCCN=C(N)N)C(=O)c1nc2ccccc2s1. The van der Waals surface area contributed by atoms with Gasteiger partial charge in [-0.05, 0) is 37.8 Å². The number of hydrogen-bond acceptors (Lipinski definition) is 8. The number of guanidine groups is 1. The van der Waals surface area contributed by atoms with Crippen molar-refractivity contribution < 1.29 is 24.0 Å². The third kappa shape index (κ3) is 9.42. The Morgan fingerprint density at radius 2 is 1.61 bits per heavy atom. The molecule has 0 aliphatic heterocycles. The van der Waals surface area contributed by atoms with Crippen molar-refractivity contribution >= 4 is 56.9 Å². The van der Waals surface area contributed by atoms with E-state index in [2.05, 4.69) is 25.9 Å². The molecule has 0 radical (unpaired) electrons. The highest BCUT2D eigenvalue weighted by Crippen LogP contribution is 2.23. The van der Waals surface area contributed by atoms with E-state index in [4.69, 9.17) is 17.2 Å². The van der Waals surface area contributed by atoms with Crippen LogP contribution in [0.5, 0.6) is 0 Å². The van der Waals surface area contributed by atoms with Crippen LogP contribution in [0.1, 0.15) is 55.8 Å². The molecule has 0 spiro atoms. The summed E-state index contributed by atoms with van der Waals surface area (Å²) in [6.07, 6.45) is 0.684. The zero-order valence-corrected chi connectivity index (χ0v) is 22.2. The van der Waals surface area contributed by atoms with E-state index >= 15 is 0 Å². The predicted molar refractivity (Wildman–Crippen MR) is 144 cm³/mol. The molecule has 1 aromatic carbocycles. The fourth-order valence-corrected chi connectivity index (χ4v) is 4.56. The van der Waals surface area contributed by atoms with Gasteiger partial charge >= 0.3 is 0 Å². The van der Waals surface area contributed by atoms with Crippen LogP contribution in [0, 0.1) is 0 Å². The quantitative estimate of drug-likeness (QED) is 0.0749. The summed E-state index contributed by atoms with van der Waals surface area (Å²) in [5.41, 5.74) is 16.6. The molecule has 9 N–H and O–H groups in total. The van der Waals surface area contributed by atoms with E-state index < -0.39 is 41.8 Å². The number of carbonyl (C=O) groups is 5. The number of nitrogens with two attached hydrogens (primary N) is 3. The highest BCUT2D eigenvalue weighted by molar-refractivity contribution is 7.20. The number of fused-ring (bicyclic) bond motifs is 1. The molecule has 13 nitrogen and oxygen atoms in total. The fraction of sp³-hybridized carbons (Fsp3) is 0.458. The number of hydrogen-bond donors (Lipinski definition) is 6. The predicted octanol–water partition coefficient (Wildman–Crippen LogP) is -0.318. The molecule has 2 aromatic rings. The molecule has 0 aliphatic carbocycles. The number of primary amides is 1. The molecule has 14 heteroatoms. The Bertz CT molecular complexity index is 1160. The molecule has 0 bridgehead atoms. The molecule has 1 aromatic heterocycles. The second kappa shape index (κ2) is 14.6. The van der Waals surface area contributed by atoms with Crippen LogP contribution in [-0.4, -0.2) is 65.0 Å². The van der Waals surface area contributed by atoms with Crippen molar-refractivity contribution in [3.63, 3.8) is 0 Å². The number of carbonyl (C=O) groups excluding carboxylic acids is 5. The van der Waals surface area contributed by atoms with Crippen molar-refractivity contribution in [3.05, 3.63) is 29.3 Å². The van der Waals surface area contributed by atoms with Crippen molar-refractivity contribution in [2.45, 2.75) is 64.1 Å². The topological polar surface area (TPSA) is 225 Å². The molecule has 0 fully saturated rings. The molecule has 0 saturated carbocycles. The van der Waals surface area contributed by atoms with Crippen LogP contribution in [0.3, 0.4) is 0 Å². The van der Waals surface area contributed by atoms with E-state index in [1.54, 1.807) is 13.0 Å². The summed E-state index contributed by atoms with van der Waals surface area (Å²) < 4.78 is 0.833. The maximum absolute atomic E-state index is 13.4. The Hall–Kier alpha value is -4.07. The van der Waals surface area contributed by atoms with Crippen molar-refractivity contribution in [2.24, 2.45) is 22.2 Å². The van der Waals surface area contributed by atoms with Crippen LogP contribution in [-0.2, 0) is 19.2 Å². The average molecular weight is 547 g/mol. The van der Waals surface area contributed by atoms with E-state index in [9.17, 15) is 24.0 Å². The first-order valence-electron chi connectivity index (χ1n) is 12.1. The maximum Gasteiger partial charge on any atom is 0.243 e. The van der Waals surface area contributed by atoms with Crippen LogP contribution in [0.2, 0.25) is 0 Å². The van der Waals surface area contributed by atoms with E-state index in [-0.39, 0.29) is 49.0 Å². The molecule has 206 valence electrons. The highest BCUT2D eigenvalue weighted by atomic mass is 32.1. The van der Waals surface area contributed by atoms with Gasteiger partial charge in [-0.1, -0.05) is 19.1 Å².